The summed E-state index contributed by atoms with van der Waals surface area (Å²) in [4.78, 5) is 28.0. The molecule has 9 heteroatoms. The molecule has 2 aromatic rings. The van der Waals surface area contributed by atoms with Crippen LogP contribution in [0.25, 0.3) is 0 Å². The molecular formula is C19H17F2N5O2. The van der Waals surface area contributed by atoms with E-state index in [1.807, 2.05) is 6.07 Å². The van der Waals surface area contributed by atoms with Crippen molar-refractivity contribution in [2.24, 2.45) is 0 Å². The summed E-state index contributed by atoms with van der Waals surface area (Å²) >= 11 is 0. The number of rotatable bonds is 3. The quantitative estimate of drug-likeness (QED) is 0.807. The Morgan fingerprint density at radius 2 is 2.04 bits per heavy atom. The first-order valence-corrected chi connectivity index (χ1v) is 8.84. The van der Waals surface area contributed by atoms with Crippen LogP contribution in [-0.4, -0.2) is 57.0 Å². The molecule has 1 aromatic heterocycles. The number of aromatic nitrogens is 2. The molecule has 1 unspecified atom stereocenters. The van der Waals surface area contributed by atoms with E-state index < -0.39 is 25.1 Å². The van der Waals surface area contributed by atoms with Crippen LogP contribution < -0.4 is 0 Å². The fourth-order valence-electron chi connectivity index (χ4n) is 3.62. The van der Waals surface area contributed by atoms with Gasteiger partial charge in [0, 0.05) is 18.3 Å². The smallest absolute Gasteiger partial charge is 0.282 e. The standard InChI is InChI=1S/C19H17F2N5O2/c20-19(21)11-25(12-19)17(27)7-16-10-24(9-15-4-5-23-26(15)16)18(28)14-3-1-2-13(6-14)8-22/h1-6,16H,7,9-12H2. The molecule has 28 heavy (non-hydrogen) atoms. The number of hydrogen-bond donors (Lipinski definition) is 0. The predicted octanol–water partition coefficient (Wildman–Crippen LogP) is 1.82. The number of nitrogens with zero attached hydrogens (tertiary/aromatic N) is 5. The van der Waals surface area contributed by atoms with E-state index in [1.54, 1.807) is 40.0 Å². The van der Waals surface area contributed by atoms with E-state index in [4.69, 9.17) is 5.26 Å². The summed E-state index contributed by atoms with van der Waals surface area (Å²) in [6.07, 6.45) is 1.58. The Kier molecular flexibility index (Phi) is 4.34. The van der Waals surface area contributed by atoms with Gasteiger partial charge in [0.2, 0.25) is 5.91 Å². The van der Waals surface area contributed by atoms with Crippen LogP contribution in [0, 0.1) is 11.3 Å². The first-order chi connectivity index (χ1) is 13.4. The average molecular weight is 385 g/mol. The fourth-order valence-corrected chi connectivity index (χ4v) is 3.62. The summed E-state index contributed by atoms with van der Waals surface area (Å²) in [5.41, 5.74) is 1.54. The first kappa shape index (κ1) is 18.1. The Morgan fingerprint density at radius 1 is 1.25 bits per heavy atom. The van der Waals surface area contributed by atoms with Crippen LogP contribution in [0.15, 0.2) is 36.5 Å². The molecule has 3 heterocycles. The molecule has 2 aliphatic rings. The van der Waals surface area contributed by atoms with Gasteiger partial charge in [-0.3, -0.25) is 14.3 Å². The zero-order valence-corrected chi connectivity index (χ0v) is 14.9. The van der Waals surface area contributed by atoms with Crippen LogP contribution >= 0.6 is 0 Å². The van der Waals surface area contributed by atoms with E-state index in [1.165, 1.54) is 6.07 Å². The normalized spacial score (nSPS) is 20.1. The van der Waals surface area contributed by atoms with E-state index in [0.29, 0.717) is 17.7 Å². The highest BCUT2D eigenvalue weighted by molar-refractivity contribution is 5.94. The zero-order valence-electron chi connectivity index (χ0n) is 14.9. The predicted molar refractivity (Wildman–Crippen MR) is 93.3 cm³/mol. The van der Waals surface area contributed by atoms with Gasteiger partial charge in [0.15, 0.2) is 0 Å². The molecule has 7 nitrogen and oxygen atoms in total. The van der Waals surface area contributed by atoms with Crippen LogP contribution in [0.1, 0.15) is 34.1 Å². The van der Waals surface area contributed by atoms with Crippen molar-refractivity contribution in [3.8, 4) is 6.07 Å². The van der Waals surface area contributed by atoms with Gasteiger partial charge < -0.3 is 9.80 Å². The van der Waals surface area contributed by atoms with Gasteiger partial charge in [0.25, 0.3) is 11.8 Å². The van der Waals surface area contributed by atoms with Crippen LogP contribution in [0.4, 0.5) is 8.78 Å². The number of likely N-dealkylation sites (tertiary alicyclic amines) is 1. The van der Waals surface area contributed by atoms with Gasteiger partial charge in [-0.1, -0.05) is 6.07 Å². The molecule has 1 fully saturated rings. The number of hydrogen-bond acceptors (Lipinski definition) is 4. The summed E-state index contributed by atoms with van der Waals surface area (Å²) in [6.45, 7) is -0.565. The third-order valence-corrected chi connectivity index (χ3v) is 5.02. The molecular weight excluding hydrogens is 368 g/mol. The lowest BCUT2D eigenvalue weighted by molar-refractivity contribution is -0.166. The van der Waals surface area contributed by atoms with Crippen LogP contribution in [0.3, 0.4) is 0 Å². The third kappa shape index (κ3) is 3.33. The number of nitriles is 1. The molecule has 1 atom stereocenters. The Labute approximate surface area is 159 Å². The Balaban J connectivity index is 1.51. The highest BCUT2D eigenvalue weighted by atomic mass is 19.3. The number of halogens is 2. The minimum absolute atomic E-state index is 0.00717. The topological polar surface area (TPSA) is 82.2 Å². The lowest BCUT2D eigenvalue weighted by Crippen LogP contribution is -2.59. The Morgan fingerprint density at radius 3 is 2.75 bits per heavy atom. The molecule has 0 spiro atoms. The minimum Gasteiger partial charge on any atom is -0.331 e. The molecule has 4 rings (SSSR count). The van der Waals surface area contributed by atoms with E-state index in [-0.39, 0.29) is 24.8 Å². The largest absolute Gasteiger partial charge is 0.331 e. The lowest BCUT2D eigenvalue weighted by atomic mass is 10.0. The highest BCUT2D eigenvalue weighted by Gasteiger charge is 2.46. The maximum Gasteiger partial charge on any atom is 0.282 e. The second kappa shape index (κ2) is 6.71. The molecule has 1 saturated heterocycles. The van der Waals surface area contributed by atoms with Crippen LogP contribution in [-0.2, 0) is 11.3 Å². The summed E-state index contributed by atoms with van der Waals surface area (Å²) in [6, 6.07) is 9.77. The number of carbonyl (C=O) groups excluding carboxylic acids is 2. The molecule has 1 aromatic carbocycles. The van der Waals surface area contributed by atoms with Crippen molar-refractivity contribution in [1.29, 1.82) is 5.26 Å². The van der Waals surface area contributed by atoms with E-state index in [2.05, 4.69) is 5.10 Å². The van der Waals surface area contributed by atoms with Gasteiger partial charge >= 0.3 is 0 Å². The van der Waals surface area contributed by atoms with Gasteiger partial charge in [-0.05, 0) is 24.3 Å². The fraction of sp³-hybridized carbons (Fsp3) is 0.368. The van der Waals surface area contributed by atoms with Gasteiger partial charge in [-0.2, -0.15) is 10.4 Å². The molecule has 2 aliphatic heterocycles. The number of carbonyl (C=O) groups is 2. The number of benzene rings is 1. The summed E-state index contributed by atoms with van der Waals surface area (Å²) in [5.74, 6) is -3.44. The maximum absolute atomic E-state index is 13.0. The molecule has 0 radical (unpaired) electrons. The Hall–Kier alpha value is -3.28. The summed E-state index contributed by atoms with van der Waals surface area (Å²) < 4.78 is 27.8. The second-order valence-corrected chi connectivity index (χ2v) is 7.11. The minimum atomic E-state index is -2.81. The lowest BCUT2D eigenvalue weighted by Gasteiger charge is -2.40. The molecule has 2 amide bonds. The second-order valence-electron chi connectivity index (χ2n) is 7.11. The summed E-state index contributed by atoms with van der Waals surface area (Å²) in [7, 11) is 0. The summed E-state index contributed by atoms with van der Waals surface area (Å²) in [5, 5.41) is 13.3. The highest BCUT2D eigenvalue weighted by Crippen LogP contribution is 2.30. The van der Waals surface area contributed by atoms with Crippen molar-refractivity contribution >= 4 is 11.8 Å². The average Bonchev–Trinajstić information content (AvgIpc) is 3.14. The van der Waals surface area contributed by atoms with Crippen molar-refractivity contribution in [3.05, 3.63) is 53.3 Å². The molecule has 0 bridgehead atoms. The van der Waals surface area contributed by atoms with Gasteiger partial charge in [0.05, 0.1) is 49.4 Å². The molecule has 0 N–H and O–H groups in total. The van der Waals surface area contributed by atoms with Crippen molar-refractivity contribution < 1.29 is 18.4 Å². The van der Waals surface area contributed by atoms with E-state index in [0.717, 1.165) is 10.6 Å². The number of amides is 2. The number of alkyl halides is 2. The van der Waals surface area contributed by atoms with Gasteiger partial charge in [-0.15, -0.1) is 0 Å². The maximum atomic E-state index is 13.0. The third-order valence-electron chi connectivity index (χ3n) is 5.02. The van der Waals surface area contributed by atoms with Gasteiger partial charge in [-0.25, -0.2) is 8.78 Å². The Bertz CT molecular complexity index is 973. The van der Waals surface area contributed by atoms with Crippen molar-refractivity contribution in [2.45, 2.75) is 24.9 Å². The molecule has 0 aliphatic carbocycles. The SMILES string of the molecule is N#Cc1cccc(C(=O)N2Cc3ccnn3C(CC(=O)N3CC(F)(F)C3)C2)c1. The van der Waals surface area contributed by atoms with Crippen molar-refractivity contribution in [1.82, 2.24) is 19.6 Å². The van der Waals surface area contributed by atoms with Crippen molar-refractivity contribution in [2.75, 3.05) is 19.6 Å². The van der Waals surface area contributed by atoms with Crippen LogP contribution in [0.5, 0.6) is 0 Å². The van der Waals surface area contributed by atoms with Crippen LogP contribution in [0.2, 0.25) is 0 Å². The van der Waals surface area contributed by atoms with Gasteiger partial charge in [0.1, 0.15) is 0 Å². The number of fused-ring (bicyclic) bond motifs is 1. The first-order valence-electron chi connectivity index (χ1n) is 8.84. The van der Waals surface area contributed by atoms with E-state index >= 15 is 0 Å². The van der Waals surface area contributed by atoms with Crippen molar-refractivity contribution in [3.63, 3.8) is 0 Å². The zero-order chi connectivity index (χ0) is 19.9. The monoisotopic (exact) mass is 385 g/mol. The molecule has 144 valence electrons. The van der Waals surface area contributed by atoms with E-state index in [9.17, 15) is 18.4 Å². The molecule has 0 saturated carbocycles.